The van der Waals surface area contributed by atoms with E-state index in [2.05, 4.69) is 4.98 Å². The summed E-state index contributed by atoms with van der Waals surface area (Å²) >= 11 is 0. The number of hydrogen-bond acceptors (Lipinski definition) is 3. The lowest BCUT2D eigenvalue weighted by atomic mass is 9.81. The maximum absolute atomic E-state index is 14.0. The van der Waals surface area contributed by atoms with Gasteiger partial charge in [0.1, 0.15) is 11.6 Å². The van der Waals surface area contributed by atoms with E-state index in [1.807, 2.05) is 11.8 Å². The Hall–Kier alpha value is -2.34. The molecule has 0 spiro atoms. The first-order chi connectivity index (χ1) is 12.9. The van der Waals surface area contributed by atoms with E-state index in [-0.39, 0.29) is 24.4 Å². The van der Waals surface area contributed by atoms with Crippen molar-refractivity contribution in [2.45, 2.75) is 56.7 Å². The van der Waals surface area contributed by atoms with Crippen LogP contribution in [0.5, 0.6) is 0 Å². The number of aliphatic hydroxyl groups is 1. The molecule has 0 aliphatic carbocycles. The second-order valence-electron chi connectivity index (χ2n) is 7.83. The number of pyridine rings is 1. The van der Waals surface area contributed by atoms with Crippen molar-refractivity contribution in [2.24, 2.45) is 0 Å². The second-order valence-corrected chi connectivity index (χ2v) is 7.83. The van der Waals surface area contributed by atoms with Crippen LogP contribution in [0, 0.1) is 18.6 Å². The van der Waals surface area contributed by atoms with Crippen molar-refractivity contribution >= 4 is 5.91 Å². The molecule has 142 valence electrons. The fourth-order valence-electron chi connectivity index (χ4n) is 4.67. The van der Waals surface area contributed by atoms with Gasteiger partial charge in [-0.1, -0.05) is 6.07 Å². The molecule has 2 unspecified atom stereocenters. The molecule has 2 bridgehead atoms. The van der Waals surface area contributed by atoms with Crippen LogP contribution in [0.2, 0.25) is 0 Å². The molecular formula is C21H22F2N2O2. The number of piperidine rings is 1. The SMILES string of the molecule is Cc1cnccc1C(=O)N1C2CCC1CC(O)(Cc1ccc(F)cc1F)C2. The zero-order chi connectivity index (χ0) is 19.2. The van der Waals surface area contributed by atoms with Crippen LogP contribution in [0.3, 0.4) is 0 Å². The summed E-state index contributed by atoms with van der Waals surface area (Å²) in [6.45, 7) is 1.86. The van der Waals surface area contributed by atoms with Gasteiger partial charge >= 0.3 is 0 Å². The first-order valence-corrected chi connectivity index (χ1v) is 9.26. The van der Waals surface area contributed by atoms with Gasteiger partial charge in [0, 0.05) is 42.5 Å². The van der Waals surface area contributed by atoms with Crippen molar-refractivity contribution in [2.75, 3.05) is 0 Å². The van der Waals surface area contributed by atoms with Crippen molar-refractivity contribution < 1.29 is 18.7 Å². The van der Waals surface area contributed by atoms with E-state index in [9.17, 15) is 18.7 Å². The van der Waals surface area contributed by atoms with Crippen molar-refractivity contribution in [3.63, 3.8) is 0 Å². The fraction of sp³-hybridized carbons (Fsp3) is 0.429. The van der Waals surface area contributed by atoms with Gasteiger partial charge in [-0.25, -0.2) is 8.78 Å². The predicted molar refractivity (Wildman–Crippen MR) is 96.2 cm³/mol. The molecule has 2 atom stereocenters. The first-order valence-electron chi connectivity index (χ1n) is 9.26. The highest BCUT2D eigenvalue weighted by Crippen LogP contribution is 2.43. The number of carbonyl (C=O) groups is 1. The van der Waals surface area contributed by atoms with Gasteiger partial charge in [0.2, 0.25) is 0 Å². The maximum Gasteiger partial charge on any atom is 0.254 e. The fourth-order valence-corrected chi connectivity index (χ4v) is 4.67. The third-order valence-electron chi connectivity index (χ3n) is 5.87. The van der Waals surface area contributed by atoms with Crippen molar-refractivity contribution in [3.8, 4) is 0 Å². The van der Waals surface area contributed by atoms with E-state index < -0.39 is 17.2 Å². The third kappa shape index (κ3) is 3.34. The number of aryl methyl sites for hydroxylation is 1. The summed E-state index contributed by atoms with van der Waals surface area (Å²) < 4.78 is 27.2. The minimum atomic E-state index is -1.09. The predicted octanol–water partition coefficient (Wildman–Crippen LogP) is 3.41. The number of amides is 1. The second kappa shape index (κ2) is 6.68. The Bertz CT molecular complexity index is 872. The van der Waals surface area contributed by atoms with E-state index in [1.165, 1.54) is 12.1 Å². The molecule has 6 heteroatoms. The van der Waals surface area contributed by atoms with Crippen LogP contribution in [0.1, 0.15) is 47.2 Å². The summed E-state index contributed by atoms with van der Waals surface area (Å²) in [5.41, 5.74) is 0.685. The highest BCUT2D eigenvalue weighted by molar-refractivity contribution is 5.96. The smallest absolute Gasteiger partial charge is 0.254 e. The number of nitrogens with zero attached hydrogens (tertiary/aromatic N) is 2. The van der Waals surface area contributed by atoms with Gasteiger partial charge in [-0.05, 0) is 55.9 Å². The molecule has 2 fully saturated rings. The summed E-state index contributed by atoms with van der Waals surface area (Å²) in [6, 6.07) is 5.03. The summed E-state index contributed by atoms with van der Waals surface area (Å²) in [7, 11) is 0. The molecule has 3 heterocycles. The van der Waals surface area contributed by atoms with Gasteiger partial charge in [-0.3, -0.25) is 9.78 Å². The molecule has 27 heavy (non-hydrogen) atoms. The first kappa shape index (κ1) is 18.0. The number of aromatic nitrogens is 1. The minimum Gasteiger partial charge on any atom is -0.389 e. The lowest BCUT2D eigenvalue weighted by Gasteiger charge is -2.44. The van der Waals surface area contributed by atoms with Gasteiger partial charge in [0.15, 0.2) is 0 Å². The van der Waals surface area contributed by atoms with Crippen LogP contribution in [0.4, 0.5) is 8.78 Å². The van der Waals surface area contributed by atoms with E-state index in [0.29, 0.717) is 24.0 Å². The summed E-state index contributed by atoms with van der Waals surface area (Å²) in [5.74, 6) is -1.30. The van der Waals surface area contributed by atoms with Gasteiger partial charge < -0.3 is 10.0 Å². The molecule has 4 rings (SSSR count). The van der Waals surface area contributed by atoms with Crippen LogP contribution in [-0.4, -0.2) is 38.6 Å². The van der Waals surface area contributed by atoms with Crippen LogP contribution in [-0.2, 0) is 6.42 Å². The Morgan fingerprint density at radius 1 is 1.26 bits per heavy atom. The Balaban J connectivity index is 1.54. The Morgan fingerprint density at radius 2 is 1.96 bits per heavy atom. The number of fused-ring (bicyclic) bond motifs is 2. The number of halogens is 2. The van der Waals surface area contributed by atoms with Crippen LogP contribution < -0.4 is 0 Å². The Labute approximate surface area is 156 Å². The molecule has 1 amide bonds. The molecular weight excluding hydrogens is 350 g/mol. The van der Waals surface area contributed by atoms with E-state index in [4.69, 9.17) is 0 Å². The van der Waals surface area contributed by atoms with E-state index >= 15 is 0 Å². The highest BCUT2D eigenvalue weighted by atomic mass is 19.1. The quantitative estimate of drug-likeness (QED) is 0.898. The highest BCUT2D eigenvalue weighted by Gasteiger charge is 2.49. The number of rotatable bonds is 3. The van der Waals surface area contributed by atoms with Gasteiger partial charge in [0.05, 0.1) is 5.60 Å². The van der Waals surface area contributed by atoms with E-state index in [0.717, 1.165) is 24.5 Å². The molecule has 1 aromatic carbocycles. The average molecular weight is 372 g/mol. The molecule has 4 nitrogen and oxygen atoms in total. The number of benzene rings is 1. The summed E-state index contributed by atoms with van der Waals surface area (Å²) in [5, 5.41) is 11.1. The topological polar surface area (TPSA) is 53.4 Å². The molecule has 2 aromatic rings. The average Bonchev–Trinajstić information content (AvgIpc) is 2.90. The number of hydrogen-bond donors (Lipinski definition) is 1. The molecule has 1 N–H and O–H groups in total. The van der Waals surface area contributed by atoms with Crippen LogP contribution >= 0.6 is 0 Å². The van der Waals surface area contributed by atoms with Crippen molar-refractivity contribution in [1.82, 2.24) is 9.88 Å². The largest absolute Gasteiger partial charge is 0.389 e. The summed E-state index contributed by atoms with van der Waals surface area (Å²) in [4.78, 5) is 19.0. The monoisotopic (exact) mass is 372 g/mol. The van der Waals surface area contributed by atoms with Gasteiger partial charge in [-0.2, -0.15) is 0 Å². The van der Waals surface area contributed by atoms with Gasteiger partial charge in [0.25, 0.3) is 5.91 Å². The van der Waals surface area contributed by atoms with Crippen LogP contribution in [0.15, 0.2) is 36.7 Å². The van der Waals surface area contributed by atoms with Gasteiger partial charge in [-0.15, -0.1) is 0 Å². The van der Waals surface area contributed by atoms with E-state index in [1.54, 1.807) is 18.5 Å². The number of carbonyl (C=O) groups excluding carboxylic acids is 1. The molecule has 1 aromatic heterocycles. The summed E-state index contributed by atoms with van der Waals surface area (Å²) in [6.07, 6.45) is 5.87. The lowest BCUT2D eigenvalue weighted by molar-refractivity contribution is -0.0431. The lowest BCUT2D eigenvalue weighted by Crippen LogP contribution is -2.54. The van der Waals surface area contributed by atoms with Crippen LogP contribution in [0.25, 0.3) is 0 Å². The molecule has 0 radical (unpaired) electrons. The standard InChI is InChI=1S/C21H22F2N2O2/c1-13-12-24-7-6-18(13)20(26)25-16-4-5-17(25)11-21(27,10-16)9-14-2-3-15(22)8-19(14)23/h2-3,6-8,12,16-17,27H,4-5,9-11H2,1H3. The molecule has 0 saturated carbocycles. The minimum absolute atomic E-state index is 0.0302. The molecule has 2 aliphatic heterocycles. The molecule has 2 saturated heterocycles. The third-order valence-corrected chi connectivity index (χ3v) is 5.87. The zero-order valence-electron chi connectivity index (χ0n) is 15.2. The van der Waals surface area contributed by atoms with Crippen molar-refractivity contribution in [1.29, 1.82) is 0 Å². The Morgan fingerprint density at radius 3 is 2.59 bits per heavy atom. The Kier molecular flexibility index (Phi) is 4.46. The molecule has 2 aliphatic rings. The normalized spacial score (nSPS) is 27.0. The van der Waals surface area contributed by atoms with Crippen molar-refractivity contribution in [3.05, 3.63) is 65.0 Å². The maximum atomic E-state index is 14.0. The zero-order valence-corrected chi connectivity index (χ0v) is 15.2.